The molecule has 5 nitrogen and oxygen atoms in total. The van der Waals surface area contributed by atoms with Crippen molar-refractivity contribution in [2.75, 3.05) is 7.11 Å². The van der Waals surface area contributed by atoms with E-state index in [4.69, 9.17) is 9.47 Å². The first-order valence-corrected chi connectivity index (χ1v) is 9.15. The highest BCUT2D eigenvalue weighted by molar-refractivity contribution is 5.77. The summed E-state index contributed by atoms with van der Waals surface area (Å²) >= 11 is 0. The number of hydrogen-bond donors (Lipinski definition) is 1. The second kappa shape index (κ2) is 6.36. The Bertz CT molecular complexity index is 643. The van der Waals surface area contributed by atoms with Gasteiger partial charge in [-0.3, -0.25) is 4.79 Å². The number of nitrogens with one attached hydrogen (secondary N) is 1. The summed E-state index contributed by atoms with van der Waals surface area (Å²) in [6.07, 6.45) is 4.45. The zero-order chi connectivity index (χ0) is 17.4. The normalized spacial score (nSPS) is 35.2. The first-order chi connectivity index (χ1) is 12.1. The fourth-order valence-corrected chi connectivity index (χ4v) is 5.63. The van der Waals surface area contributed by atoms with Crippen LogP contribution in [0.25, 0.3) is 0 Å². The molecule has 1 aromatic carbocycles. The van der Waals surface area contributed by atoms with E-state index in [1.165, 1.54) is 7.11 Å². The zero-order valence-corrected chi connectivity index (χ0v) is 14.6. The topological polar surface area (TPSA) is 64.6 Å². The maximum atomic E-state index is 12.3. The molecule has 0 spiro atoms. The number of carbonyl (C=O) groups excluding carboxylic acids is 2. The van der Waals surface area contributed by atoms with Gasteiger partial charge in [0.1, 0.15) is 6.61 Å². The van der Waals surface area contributed by atoms with Crippen molar-refractivity contribution in [1.82, 2.24) is 5.32 Å². The molecule has 5 heteroatoms. The molecule has 4 aliphatic rings. The molecule has 1 amide bonds. The van der Waals surface area contributed by atoms with Crippen molar-refractivity contribution >= 4 is 12.1 Å². The van der Waals surface area contributed by atoms with Crippen LogP contribution in [0, 0.1) is 23.2 Å². The maximum Gasteiger partial charge on any atom is 0.407 e. The number of ether oxygens (including phenoxy) is 2. The molecule has 3 unspecified atom stereocenters. The molecule has 134 valence electrons. The number of carbonyl (C=O) groups is 2. The maximum absolute atomic E-state index is 12.3. The fraction of sp³-hybridized carbons (Fsp3) is 0.600. The van der Waals surface area contributed by atoms with Crippen LogP contribution in [-0.2, 0) is 20.9 Å². The standard InChI is InChI=1S/C20H25NO4/c1-24-18(22)20-9-14-7-15(10-20)17(16(8-14)11-20)21-19(23)25-12-13-5-3-2-4-6-13/h2-6,14-17H,7-12H2,1H3,(H,21,23)/t14?,15-,16+,17?,20?. The largest absolute Gasteiger partial charge is 0.469 e. The van der Waals surface area contributed by atoms with E-state index in [0.717, 1.165) is 37.7 Å². The quantitative estimate of drug-likeness (QED) is 0.852. The van der Waals surface area contributed by atoms with Crippen molar-refractivity contribution in [3.05, 3.63) is 35.9 Å². The molecule has 0 saturated heterocycles. The van der Waals surface area contributed by atoms with Crippen LogP contribution in [0.3, 0.4) is 0 Å². The smallest absolute Gasteiger partial charge is 0.407 e. The van der Waals surface area contributed by atoms with Gasteiger partial charge in [0, 0.05) is 6.04 Å². The average molecular weight is 343 g/mol. The highest BCUT2D eigenvalue weighted by atomic mass is 16.5. The van der Waals surface area contributed by atoms with Gasteiger partial charge >= 0.3 is 12.1 Å². The molecular weight excluding hydrogens is 318 g/mol. The summed E-state index contributed by atoms with van der Waals surface area (Å²) in [5.74, 6) is 1.25. The lowest BCUT2D eigenvalue weighted by Gasteiger charge is -2.58. The summed E-state index contributed by atoms with van der Waals surface area (Å²) < 4.78 is 10.5. The number of benzene rings is 1. The molecule has 0 aromatic heterocycles. The van der Waals surface area contributed by atoms with E-state index in [1.54, 1.807) is 0 Å². The highest BCUT2D eigenvalue weighted by Gasteiger charge is 2.59. The molecule has 5 rings (SSSR count). The minimum absolute atomic E-state index is 0.0583. The minimum atomic E-state index is -0.353. The average Bonchev–Trinajstić information content (AvgIpc) is 2.62. The van der Waals surface area contributed by atoms with Crippen LogP contribution in [-0.4, -0.2) is 25.2 Å². The third kappa shape index (κ3) is 3.00. The lowest BCUT2D eigenvalue weighted by atomic mass is 9.48. The van der Waals surface area contributed by atoms with Gasteiger partial charge in [0.2, 0.25) is 0 Å². The molecule has 5 atom stereocenters. The Kier molecular flexibility index (Phi) is 4.18. The monoisotopic (exact) mass is 343 g/mol. The molecule has 4 saturated carbocycles. The molecule has 1 N–H and O–H groups in total. The second-order valence-electron chi connectivity index (χ2n) is 7.97. The lowest BCUT2D eigenvalue weighted by molar-refractivity contribution is -0.170. The SMILES string of the molecule is COC(=O)C12CC3C[C@H](C1)C(NC(=O)OCc1ccccc1)[C@@H](C3)C2. The number of alkyl carbamates (subject to hydrolysis) is 1. The van der Waals surface area contributed by atoms with E-state index in [-0.39, 0.29) is 30.1 Å². The van der Waals surface area contributed by atoms with Gasteiger partial charge in [-0.15, -0.1) is 0 Å². The van der Waals surface area contributed by atoms with Gasteiger partial charge in [0.05, 0.1) is 12.5 Å². The van der Waals surface area contributed by atoms with Crippen LogP contribution in [0.15, 0.2) is 30.3 Å². The summed E-state index contributed by atoms with van der Waals surface area (Å²) in [5, 5.41) is 3.09. The number of rotatable bonds is 4. The number of methoxy groups -OCH3 is 1. The summed E-state index contributed by atoms with van der Waals surface area (Å²) in [6, 6.07) is 9.81. The first-order valence-electron chi connectivity index (χ1n) is 9.15. The summed E-state index contributed by atoms with van der Waals surface area (Å²) in [6.45, 7) is 0.281. The van der Waals surface area contributed by atoms with Crippen LogP contribution in [0.5, 0.6) is 0 Å². The van der Waals surface area contributed by atoms with Crippen LogP contribution in [0.4, 0.5) is 4.79 Å². The molecule has 0 heterocycles. The summed E-state index contributed by atoms with van der Waals surface area (Å²) in [4.78, 5) is 24.6. The number of esters is 1. The number of hydrogen-bond acceptors (Lipinski definition) is 4. The molecule has 0 radical (unpaired) electrons. The van der Waals surface area contributed by atoms with E-state index >= 15 is 0 Å². The summed E-state index contributed by atoms with van der Waals surface area (Å²) in [5.41, 5.74) is 0.671. The highest BCUT2D eigenvalue weighted by Crippen LogP contribution is 2.60. The van der Waals surface area contributed by atoms with Crippen LogP contribution >= 0.6 is 0 Å². The molecule has 4 aliphatic carbocycles. The van der Waals surface area contributed by atoms with Gasteiger partial charge in [-0.05, 0) is 55.4 Å². The Morgan fingerprint density at radius 1 is 1.12 bits per heavy atom. The molecule has 4 bridgehead atoms. The molecule has 1 aromatic rings. The van der Waals surface area contributed by atoms with Crippen LogP contribution < -0.4 is 5.32 Å². The Morgan fingerprint density at radius 3 is 2.44 bits per heavy atom. The van der Waals surface area contributed by atoms with E-state index in [9.17, 15) is 9.59 Å². The molecule has 0 aliphatic heterocycles. The van der Waals surface area contributed by atoms with E-state index in [0.29, 0.717) is 17.8 Å². The van der Waals surface area contributed by atoms with Crippen molar-refractivity contribution in [1.29, 1.82) is 0 Å². The second-order valence-corrected chi connectivity index (χ2v) is 7.97. The van der Waals surface area contributed by atoms with Crippen molar-refractivity contribution < 1.29 is 19.1 Å². The first kappa shape index (κ1) is 16.4. The van der Waals surface area contributed by atoms with Gasteiger partial charge in [-0.1, -0.05) is 30.3 Å². The van der Waals surface area contributed by atoms with Gasteiger partial charge in [-0.2, -0.15) is 0 Å². The Balaban J connectivity index is 1.38. The van der Waals surface area contributed by atoms with Crippen molar-refractivity contribution in [3.63, 3.8) is 0 Å². The van der Waals surface area contributed by atoms with Crippen LogP contribution in [0.2, 0.25) is 0 Å². The van der Waals surface area contributed by atoms with E-state index in [1.807, 2.05) is 30.3 Å². The van der Waals surface area contributed by atoms with Crippen LogP contribution in [0.1, 0.15) is 37.7 Å². The predicted molar refractivity (Wildman–Crippen MR) is 91.6 cm³/mol. The Labute approximate surface area is 148 Å². The minimum Gasteiger partial charge on any atom is -0.469 e. The van der Waals surface area contributed by atoms with E-state index in [2.05, 4.69) is 5.32 Å². The van der Waals surface area contributed by atoms with Crippen molar-refractivity contribution in [2.24, 2.45) is 23.2 Å². The zero-order valence-electron chi connectivity index (χ0n) is 14.6. The summed E-state index contributed by atoms with van der Waals surface area (Å²) in [7, 11) is 1.48. The predicted octanol–water partition coefficient (Wildman–Crippen LogP) is 3.28. The Hall–Kier alpha value is -2.04. The Morgan fingerprint density at radius 2 is 1.80 bits per heavy atom. The van der Waals surface area contributed by atoms with Crippen molar-refractivity contribution in [2.45, 2.75) is 44.8 Å². The molecule has 4 fully saturated rings. The number of amides is 1. The third-order valence-corrected chi connectivity index (χ3v) is 6.39. The van der Waals surface area contributed by atoms with Gasteiger partial charge in [-0.25, -0.2) is 4.79 Å². The van der Waals surface area contributed by atoms with Gasteiger partial charge < -0.3 is 14.8 Å². The van der Waals surface area contributed by atoms with Gasteiger partial charge in [0.25, 0.3) is 0 Å². The van der Waals surface area contributed by atoms with E-state index < -0.39 is 0 Å². The molecular formula is C20H25NO4. The molecule has 25 heavy (non-hydrogen) atoms. The van der Waals surface area contributed by atoms with Crippen molar-refractivity contribution in [3.8, 4) is 0 Å². The third-order valence-electron chi connectivity index (χ3n) is 6.39. The lowest BCUT2D eigenvalue weighted by Crippen LogP contribution is -2.61. The fourth-order valence-electron chi connectivity index (χ4n) is 5.63. The van der Waals surface area contributed by atoms with Gasteiger partial charge in [0.15, 0.2) is 0 Å².